The van der Waals surface area contributed by atoms with Crippen LogP contribution in [0.4, 0.5) is 0 Å². The van der Waals surface area contributed by atoms with Gasteiger partial charge >= 0.3 is 0 Å². The molecule has 11 heavy (non-hydrogen) atoms. The maximum atomic E-state index is 8.37. The Hall–Kier alpha value is -0.510. The summed E-state index contributed by atoms with van der Waals surface area (Å²) in [7, 11) is 0. The zero-order valence-corrected chi connectivity index (χ0v) is 7.34. The summed E-state index contributed by atoms with van der Waals surface area (Å²) < 4.78 is 0. The molecule has 62 valence electrons. The van der Waals surface area contributed by atoms with Crippen molar-refractivity contribution in [3.63, 3.8) is 0 Å². The SMILES string of the molecule is CC(CCC#N)CC1CCC1. The van der Waals surface area contributed by atoms with E-state index >= 15 is 0 Å². The Morgan fingerprint density at radius 3 is 2.73 bits per heavy atom. The lowest BCUT2D eigenvalue weighted by molar-refractivity contribution is 0.252. The number of nitrogens with zero attached hydrogens (tertiary/aromatic N) is 1. The normalized spacial score (nSPS) is 20.4. The lowest BCUT2D eigenvalue weighted by Gasteiger charge is -2.27. The Balaban J connectivity index is 2.01. The number of hydrogen-bond donors (Lipinski definition) is 0. The van der Waals surface area contributed by atoms with Crippen LogP contribution in [0, 0.1) is 23.2 Å². The molecule has 1 unspecified atom stereocenters. The van der Waals surface area contributed by atoms with Gasteiger partial charge in [0.1, 0.15) is 0 Å². The van der Waals surface area contributed by atoms with Crippen molar-refractivity contribution in [2.45, 2.75) is 45.4 Å². The van der Waals surface area contributed by atoms with Crippen molar-refractivity contribution in [3.05, 3.63) is 0 Å². The summed E-state index contributed by atoms with van der Waals surface area (Å²) in [6.07, 6.45) is 7.53. The highest BCUT2D eigenvalue weighted by Crippen LogP contribution is 2.33. The van der Waals surface area contributed by atoms with E-state index in [2.05, 4.69) is 13.0 Å². The van der Waals surface area contributed by atoms with Gasteiger partial charge in [-0.1, -0.05) is 26.2 Å². The van der Waals surface area contributed by atoms with Crippen LogP contribution in [-0.2, 0) is 0 Å². The Kier molecular flexibility index (Phi) is 3.42. The van der Waals surface area contributed by atoms with Crippen molar-refractivity contribution in [1.29, 1.82) is 5.26 Å². The lowest BCUT2D eigenvalue weighted by atomic mass is 9.78. The zero-order valence-electron chi connectivity index (χ0n) is 7.34. The first-order valence-corrected chi connectivity index (χ1v) is 4.70. The molecule has 1 saturated carbocycles. The fourth-order valence-corrected chi connectivity index (χ4v) is 1.73. The van der Waals surface area contributed by atoms with Crippen LogP contribution in [0.25, 0.3) is 0 Å². The molecule has 1 rings (SSSR count). The molecular weight excluding hydrogens is 134 g/mol. The molecule has 1 aliphatic carbocycles. The molecule has 1 heteroatoms. The van der Waals surface area contributed by atoms with Gasteiger partial charge < -0.3 is 0 Å². The predicted octanol–water partition coefficient (Wildman–Crippen LogP) is 3.12. The van der Waals surface area contributed by atoms with Crippen LogP contribution < -0.4 is 0 Å². The third kappa shape index (κ3) is 2.93. The summed E-state index contributed by atoms with van der Waals surface area (Å²) in [5.74, 6) is 1.78. The number of rotatable bonds is 4. The van der Waals surface area contributed by atoms with Gasteiger partial charge in [0.25, 0.3) is 0 Å². The zero-order chi connectivity index (χ0) is 8.10. The summed E-state index contributed by atoms with van der Waals surface area (Å²) in [6, 6.07) is 2.21. The minimum atomic E-state index is 0.744. The average molecular weight is 151 g/mol. The van der Waals surface area contributed by atoms with Crippen molar-refractivity contribution >= 4 is 0 Å². The van der Waals surface area contributed by atoms with E-state index in [1.807, 2.05) is 0 Å². The molecule has 0 spiro atoms. The van der Waals surface area contributed by atoms with Gasteiger partial charge in [0.05, 0.1) is 6.07 Å². The second-order valence-electron chi connectivity index (χ2n) is 3.83. The van der Waals surface area contributed by atoms with Crippen LogP contribution in [-0.4, -0.2) is 0 Å². The smallest absolute Gasteiger partial charge is 0.0621 e. The molecule has 0 aromatic rings. The van der Waals surface area contributed by atoms with Crippen molar-refractivity contribution in [2.75, 3.05) is 0 Å². The third-order valence-electron chi connectivity index (χ3n) is 2.71. The standard InChI is InChI=1S/C10H17N/c1-9(4-3-7-11)8-10-5-2-6-10/h9-10H,2-6,8H2,1H3. The molecule has 0 N–H and O–H groups in total. The minimum absolute atomic E-state index is 0.744. The summed E-state index contributed by atoms with van der Waals surface area (Å²) in [5, 5.41) is 8.37. The molecule has 0 amide bonds. The molecule has 0 bridgehead atoms. The highest BCUT2D eigenvalue weighted by atomic mass is 14.3. The van der Waals surface area contributed by atoms with Gasteiger partial charge in [-0.15, -0.1) is 0 Å². The summed E-state index contributed by atoms with van der Waals surface area (Å²) in [6.45, 7) is 2.27. The van der Waals surface area contributed by atoms with Gasteiger partial charge in [-0.05, 0) is 24.7 Å². The molecule has 0 aromatic heterocycles. The summed E-state index contributed by atoms with van der Waals surface area (Å²) in [4.78, 5) is 0. The van der Waals surface area contributed by atoms with E-state index in [0.717, 1.165) is 24.7 Å². The van der Waals surface area contributed by atoms with Gasteiger partial charge in [-0.3, -0.25) is 0 Å². The first-order valence-electron chi connectivity index (χ1n) is 4.70. The van der Waals surface area contributed by atoms with Crippen LogP contribution in [0.3, 0.4) is 0 Å². The van der Waals surface area contributed by atoms with Gasteiger partial charge in [-0.2, -0.15) is 5.26 Å². The third-order valence-corrected chi connectivity index (χ3v) is 2.71. The van der Waals surface area contributed by atoms with Crippen molar-refractivity contribution < 1.29 is 0 Å². The van der Waals surface area contributed by atoms with Crippen LogP contribution in [0.5, 0.6) is 0 Å². The maximum Gasteiger partial charge on any atom is 0.0621 e. The molecule has 0 aromatic carbocycles. The molecule has 0 radical (unpaired) electrons. The van der Waals surface area contributed by atoms with E-state index in [-0.39, 0.29) is 0 Å². The van der Waals surface area contributed by atoms with Crippen LogP contribution in [0.15, 0.2) is 0 Å². The van der Waals surface area contributed by atoms with Crippen molar-refractivity contribution in [3.8, 4) is 6.07 Å². The Bertz CT molecular complexity index is 141. The number of nitriles is 1. The Morgan fingerprint density at radius 2 is 2.27 bits per heavy atom. The Labute approximate surface area is 69.4 Å². The first kappa shape index (κ1) is 8.59. The van der Waals surface area contributed by atoms with E-state index in [1.165, 1.54) is 25.7 Å². The van der Waals surface area contributed by atoms with Crippen molar-refractivity contribution in [2.24, 2.45) is 11.8 Å². The molecular formula is C10H17N. The quantitative estimate of drug-likeness (QED) is 0.605. The fourth-order valence-electron chi connectivity index (χ4n) is 1.73. The van der Waals surface area contributed by atoms with Gasteiger partial charge in [0.2, 0.25) is 0 Å². The molecule has 1 atom stereocenters. The first-order chi connectivity index (χ1) is 5.33. The van der Waals surface area contributed by atoms with Gasteiger partial charge in [0.15, 0.2) is 0 Å². The molecule has 1 nitrogen and oxygen atoms in total. The minimum Gasteiger partial charge on any atom is -0.198 e. The van der Waals surface area contributed by atoms with Crippen LogP contribution in [0.2, 0.25) is 0 Å². The van der Waals surface area contributed by atoms with Gasteiger partial charge in [0, 0.05) is 6.42 Å². The molecule has 0 aliphatic heterocycles. The van der Waals surface area contributed by atoms with E-state index in [9.17, 15) is 0 Å². The highest BCUT2D eigenvalue weighted by molar-refractivity contribution is 4.75. The molecule has 1 fully saturated rings. The number of hydrogen-bond acceptors (Lipinski definition) is 1. The predicted molar refractivity (Wildman–Crippen MR) is 46.0 cm³/mol. The molecule has 0 heterocycles. The summed E-state index contributed by atoms with van der Waals surface area (Å²) in [5.41, 5.74) is 0. The monoisotopic (exact) mass is 151 g/mol. The summed E-state index contributed by atoms with van der Waals surface area (Å²) >= 11 is 0. The fraction of sp³-hybridized carbons (Fsp3) is 0.900. The average Bonchev–Trinajstić information content (AvgIpc) is 1.93. The van der Waals surface area contributed by atoms with E-state index in [4.69, 9.17) is 5.26 Å². The largest absolute Gasteiger partial charge is 0.198 e. The Morgan fingerprint density at radius 1 is 1.55 bits per heavy atom. The van der Waals surface area contributed by atoms with E-state index < -0.39 is 0 Å². The molecule has 1 aliphatic rings. The van der Waals surface area contributed by atoms with E-state index in [1.54, 1.807) is 0 Å². The van der Waals surface area contributed by atoms with Crippen LogP contribution in [0.1, 0.15) is 45.4 Å². The lowest BCUT2D eigenvalue weighted by Crippen LogP contribution is -2.14. The second kappa shape index (κ2) is 4.38. The highest BCUT2D eigenvalue weighted by Gasteiger charge is 2.19. The van der Waals surface area contributed by atoms with E-state index in [0.29, 0.717) is 0 Å². The maximum absolute atomic E-state index is 8.37. The van der Waals surface area contributed by atoms with Crippen molar-refractivity contribution in [1.82, 2.24) is 0 Å². The van der Waals surface area contributed by atoms with Gasteiger partial charge in [-0.25, -0.2) is 0 Å². The van der Waals surface area contributed by atoms with Crippen LogP contribution >= 0.6 is 0 Å². The molecule has 0 saturated heterocycles. The second-order valence-corrected chi connectivity index (χ2v) is 3.83. The topological polar surface area (TPSA) is 23.8 Å².